The lowest BCUT2D eigenvalue weighted by Crippen LogP contribution is -2.07. The third-order valence-corrected chi connectivity index (χ3v) is 4.33. The van der Waals surface area contributed by atoms with Gasteiger partial charge in [-0.1, -0.05) is 0 Å². The summed E-state index contributed by atoms with van der Waals surface area (Å²) in [5.74, 6) is -2.00. The van der Waals surface area contributed by atoms with Crippen molar-refractivity contribution in [1.82, 2.24) is 9.78 Å². The molecular weight excluding hydrogens is 295 g/mol. The summed E-state index contributed by atoms with van der Waals surface area (Å²) in [7, 11) is -1.46. The van der Waals surface area contributed by atoms with Crippen LogP contribution >= 0.6 is 0 Å². The monoisotopic (exact) mass is 310 g/mol. The van der Waals surface area contributed by atoms with Crippen LogP contribution in [0.1, 0.15) is 28.7 Å². The highest BCUT2D eigenvalue weighted by atomic mass is 32.2. The molecule has 1 aromatic carbocycles. The fourth-order valence-corrected chi connectivity index (χ4v) is 3.15. The second kappa shape index (κ2) is 6.17. The molecule has 5 nitrogen and oxygen atoms in total. The van der Waals surface area contributed by atoms with E-state index in [1.54, 1.807) is 4.68 Å². The smallest absolute Gasteiger partial charge is 0.338 e. The first-order chi connectivity index (χ1) is 9.92. The van der Waals surface area contributed by atoms with Crippen LogP contribution in [0.5, 0.6) is 0 Å². The van der Waals surface area contributed by atoms with Crippen molar-refractivity contribution in [3.63, 3.8) is 0 Å². The summed E-state index contributed by atoms with van der Waals surface area (Å²) in [6.07, 6.45) is 0. The number of hydrogen-bond donors (Lipinski definition) is 1. The summed E-state index contributed by atoms with van der Waals surface area (Å²) in [6, 6.07) is 5.33. The topological polar surface area (TPSA) is 72.2 Å². The van der Waals surface area contributed by atoms with Gasteiger partial charge in [-0.2, -0.15) is 5.10 Å². The highest BCUT2D eigenvalue weighted by molar-refractivity contribution is 7.84. The zero-order valence-electron chi connectivity index (χ0n) is 11.7. The van der Waals surface area contributed by atoms with Crippen LogP contribution in [0.2, 0.25) is 0 Å². The Kier molecular flexibility index (Phi) is 4.52. The largest absolute Gasteiger partial charge is 0.478 e. The maximum absolute atomic E-state index is 13.3. The van der Waals surface area contributed by atoms with Crippen LogP contribution in [-0.4, -0.2) is 25.1 Å². The van der Waals surface area contributed by atoms with Crippen LogP contribution in [0.15, 0.2) is 29.2 Å². The van der Waals surface area contributed by atoms with Crippen LogP contribution in [0, 0.1) is 12.7 Å². The highest BCUT2D eigenvalue weighted by Crippen LogP contribution is 2.17. The summed E-state index contributed by atoms with van der Waals surface area (Å²) < 4.78 is 27.4. The van der Waals surface area contributed by atoms with Gasteiger partial charge in [-0.05, 0) is 38.1 Å². The lowest BCUT2D eigenvalue weighted by molar-refractivity contribution is 0.0691. The number of aromatic carboxylic acids is 1. The molecule has 0 saturated heterocycles. The number of carboxylic acids is 1. The molecule has 1 aromatic heterocycles. The first kappa shape index (κ1) is 15.4. The second-order valence-corrected chi connectivity index (χ2v) is 5.98. The predicted octanol–water partition coefficient (Wildman–Crippen LogP) is 2.36. The van der Waals surface area contributed by atoms with E-state index in [4.69, 9.17) is 5.11 Å². The summed E-state index contributed by atoms with van der Waals surface area (Å²) in [6.45, 7) is 4.43. The minimum atomic E-state index is -1.46. The maximum Gasteiger partial charge on any atom is 0.338 e. The van der Waals surface area contributed by atoms with E-state index in [0.717, 1.165) is 23.5 Å². The SMILES string of the molecule is CCn1nc(C)cc1CS(=O)c1ccc(F)c(C(=O)O)c1. The summed E-state index contributed by atoms with van der Waals surface area (Å²) in [4.78, 5) is 11.2. The molecule has 1 unspecified atom stereocenters. The Balaban J connectivity index is 2.28. The van der Waals surface area contributed by atoms with Crippen molar-refractivity contribution >= 4 is 16.8 Å². The molecule has 2 aromatic rings. The average molecular weight is 310 g/mol. The quantitative estimate of drug-likeness (QED) is 0.920. The number of carboxylic acid groups (broad SMARTS) is 1. The van der Waals surface area contributed by atoms with E-state index in [-0.39, 0.29) is 10.6 Å². The molecule has 21 heavy (non-hydrogen) atoms. The first-order valence-corrected chi connectivity index (χ1v) is 7.68. The molecule has 1 heterocycles. The molecule has 112 valence electrons. The normalized spacial score (nSPS) is 12.3. The van der Waals surface area contributed by atoms with Gasteiger partial charge in [-0.15, -0.1) is 0 Å². The van der Waals surface area contributed by atoms with E-state index in [1.165, 1.54) is 6.07 Å². The summed E-state index contributed by atoms with van der Waals surface area (Å²) in [5.41, 5.74) is 1.16. The molecule has 7 heteroatoms. The molecule has 0 radical (unpaired) electrons. The van der Waals surface area contributed by atoms with E-state index < -0.39 is 28.1 Å². The first-order valence-electron chi connectivity index (χ1n) is 6.37. The third-order valence-electron chi connectivity index (χ3n) is 3.00. The minimum absolute atomic E-state index is 0.208. The van der Waals surface area contributed by atoms with Crippen molar-refractivity contribution in [2.24, 2.45) is 0 Å². The van der Waals surface area contributed by atoms with E-state index >= 15 is 0 Å². The van der Waals surface area contributed by atoms with Gasteiger partial charge in [0, 0.05) is 11.4 Å². The number of hydrogen-bond acceptors (Lipinski definition) is 3. The number of aryl methyl sites for hydroxylation is 2. The van der Waals surface area contributed by atoms with E-state index in [1.807, 2.05) is 19.9 Å². The van der Waals surface area contributed by atoms with Gasteiger partial charge in [-0.25, -0.2) is 9.18 Å². The van der Waals surface area contributed by atoms with Crippen molar-refractivity contribution in [2.75, 3.05) is 0 Å². The number of benzene rings is 1. The second-order valence-electron chi connectivity index (χ2n) is 4.53. The number of carbonyl (C=O) groups is 1. The van der Waals surface area contributed by atoms with Crippen LogP contribution in [0.3, 0.4) is 0 Å². The van der Waals surface area contributed by atoms with Crippen LogP contribution in [0.25, 0.3) is 0 Å². The van der Waals surface area contributed by atoms with Crippen LogP contribution in [-0.2, 0) is 23.1 Å². The molecule has 2 rings (SSSR count). The molecule has 1 N–H and O–H groups in total. The zero-order chi connectivity index (χ0) is 15.6. The van der Waals surface area contributed by atoms with E-state index in [0.29, 0.717) is 6.54 Å². The van der Waals surface area contributed by atoms with Gasteiger partial charge < -0.3 is 5.11 Å². The fourth-order valence-electron chi connectivity index (χ4n) is 2.02. The molecule has 1 atom stereocenters. The summed E-state index contributed by atoms with van der Waals surface area (Å²) in [5, 5.41) is 13.2. The molecule has 0 bridgehead atoms. The lowest BCUT2D eigenvalue weighted by Gasteiger charge is -2.06. The Morgan fingerprint density at radius 3 is 2.76 bits per heavy atom. The van der Waals surface area contributed by atoms with Crippen molar-refractivity contribution in [3.05, 3.63) is 47.0 Å². The third kappa shape index (κ3) is 3.36. The summed E-state index contributed by atoms with van der Waals surface area (Å²) >= 11 is 0. The van der Waals surface area contributed by atoms with Gasteiger partial charge in [0.15, 0.2) is 0 Å². The van der Waals surface area contributed by atoms with Crippen LogP contribution < -0.4 is 0 Å². The number of aromatic nitrogens is 2. The van der Waals surface area contributed by atoms with Gasteiger partial charge in [0.25, 0.3) is 0 Å². The zero-order valence-corrected chi connectivity index (χ0v) is 12.5. The van der Waals surface area contributed by atoms with Gasteiger partial charge in [0.05, 0.1) is 33.5 Å². The number of halogens is 1. The number of nitrogens with zero attached hydrogens (tertiary/aromatic N) is 2. The highest BCUT2D eigenvalue weighted by Gasteiger charge is 2.15. The average Bonchev–Trinajstić information content (AvgIpc) is 2.78. The van der Waals surface area contributed by atoms with E-state index in [2.05, 4.69) is 5.10 Å². The van der Waals surface area contributed by atoms with Crippen LogP contribution in [0.4, 0.5) is 4.39 Å². The standard InChI is InChI=1S/C14H15FN2O3S/c1-3-17-10(6-9(2)16-17)8-21(20)11-4-5-13(15)12(7-11)14(18)19/h4-7H,3,8H2,1-2H3,(H,18,19). The molecular formula is C14H15FN2O3S. The Bertz CT molecular complexity index is 712. The van der Waals surface area contributed by atoms with Crippen molar-refractivity contribution in [2.45, 2.75) is 31.0 Å². The van der Waals surface area contributed by atoms with Crippen molar-refractivity contribution < 1.29 is 18.5 Å². The lowest BCUT2D eigenvalue weighted by atomic mass is 10.2. The molecule has 0 aliphatic carbocycles. The van der Waals surface area contributed by atoms with E-state index in [9.17, 15) is 13.4 Å². The van der Waals surface area contributed by atoms with Crippen molar-refractivity contribution in [3.8, 4) is 0 Å². The van der Waals surface area contributed by atoms with Gasteiger partial charge in [-0.3, -0.25) is 8.89 Å². The molecule has 0 aliphatic rings. The Labute approximate surface area is 123 Å². The number of rotatable bonds is 5. The Morgan fingerprint density at radius 1 is 1.43 bits per heavy atom. The maximum atomic E-state index is 13.3. The molecule has 0 saturated carbocycles. The van der Waals surface area contributed by atoms with Crippen molar-refractivity contribution in [1.29, 1.82) is 0 Å². The fraction of sp³-hybridized carbons (Fsp3) is 0.286. The molecule has 0 spiro atoms. The molecule has 0 fully saturated rings. The molecule has 0 aliphatic heterocycles. The minimum Gasteiger partial charge on any atom is -0.478 e. The van der Waals surface area contributed by atoms with Gasteiger partial charge in [0.2, 0.25) is 0 Å². The van der Waals surface area contributed by atoms with Gasteiger partial charge in [0.1, 0.15) is 5.82 Å². The Morgan fingerprint density at radius 2 is 2.14 bits per heavy atom. The predicted molar refractivity (Wildman–Crippen MR) is 76.1 cm³/mol. The molecule has 0 amide bonds. The Hall–Kier alpha value is -2.02. The van der Waals surface area contributed by atoms with Gasteiger partial charge >= 0.3 is 5.97 Å².